The lowest BCUT2D eigenvalue weighted by Crippen LogP contribution is -2.11. The zero-order chi connectivity index (χ0) is 14.0. The first-order chi connectivity index (χ1) is 8.97. The van der Waals surface area contributed by atoms with E-state index >= 15 is 0 Å². The highest BCUT2D eigenvalue weighted by Crippen LogP contribution is 2.24. The van der Waals surface area contributed by atoms with Crippen LogP contribution < -0.4 is 10.5 Å². The lowest BCUT2D eigenvalue weighted by molar-refractivity contribution is 0.0733. The van der Waals surface area contributed by atoms with E-state index in [4.69, 9.17) is 10.5 Å². The molecule has 2 aromatic carbocycles. The third-order valence-electron chi connectivity index (χ3n) is 2.28. The van der Waals surface area contributed by atoms with Crippen molar-refractivity contribution in [3.05, 3.63) is 52.7 Å². The topological polar surface area (TPSA) is 52.3 Å². The summed E-state index contributed by atoms with van der Waals surface area (Å²) in [4.78, 5) is 12.2. The number of carbonyl (C=O) groups is 1. The molecule has 3 nitrogen and oxygen atoms in total. The minimum atomic E-state index is -0.369. The number of esters is 1. The molecule has 2 rings (SSSR count). The van der Waals surface area contributed by atoms with Gasteiger partial charge >= 0.3 is 5.97 Å². The molecule has 19 heavy (non-hydrogen) atoms. The molecule has 0 spiro atoms. The molecule has 0 bridgehead atoms. The summed E-state index contributed by atoms with van der Waals surface area (Å²) in [6, 6.07) is 10.7. The van der Waals surface area contributed by atoms with Crippen LogP contribution in [0.1, 0.15) is 10.4 Å². The summed E-state index contributed by atoms with van der Waals surface area (Å²) in [5, 5.41) is 0. The highest BCUT2D eigenvalue weighted by molar-refractivity contribution is 14.1. The molecule has 0 heterocycles. The van der Waals surface area contributed by atoms with Gasteiger partial charge in [-0.15, -0.1) is 0 Å². The average molecular weight is 591 g/mol. The van der Waals surface area contributed by atoms with Crippen LogP contribution in [0.15, 0.2) is 36.4 Å². The van der Waals surface area contributed by atoms with E-state index in [2.05, 4.69) is 67.8 Å². The molecule has 0 saturated heterocycles. The van der Waals surface area contributed by atoms with Gasteiger partial charge in [-0.2, -0.15) is 0 Å². The summed E-state index contributed by atoms with van der Waals surface area (Å²) in [6.45, 7) is 0. The van der Waals surface area contributed by atoms with Crippen LogP contribution in [0.2, 0.25) is 0 Å². The molecule has 0 radical (unpaired) electrons. The SMILES string of the molecule is Nc1cccc(OC(=O)c2cc(I)cc(I)c2I)c1. The van der Waals surface area contributed by atoms with Crippen LogP contribution in [0.4, 0.5) is 5.69 Å². The van der Waals surface area contributed by atoms with E-state index in [0.29, 0.717) is 17.0 Å². The maximum absolute atomic E-state index is 12.2. The van der Waals surface area contributed by atoms with Crippen molar-refractivity contribution in [1.29, 1.82) is 0 Å². The average Bonchev–Trinajstić information content (AvgIpc) is 2.33. The second kappa shape index (κ2) is 6.57. The van der Waals surface area contributed by atoms with Gasteiger partial charge in [-0.05, 0) is 92.0 Å². The van der Waals surface area contributed by atoms with Gasteiger partial charge in [0.25, 0.3) is 0 Å². The van der Waals surface area contributed by atoms with Crippen LogP contribution in [0, 0.1) is 10.7 Å². The first kappa shape index (κ1) is 15.3. The molecule has 0 unspecified atom stereocenters. The molecule has 2 N–H and O–H groups in total. The van der Waals surface area contributed by atoms with Crippen LogP contribution in [0.3, 0.4) is 0 Å². The van der Waals surface area contributed by atoms with Crippen molar-refractivity contribution in [1.82, 2.24) is 0 Å². The lowest BCUT2D eigenvalue weighted by atomic mass is 10.2. The Kier molecular flexibility index (Phi) is 5.29. The fourth-order valence-corrected chi connectivity index (χ4v) is 3.82. The van der Waals surface area contributed by atoms with E-state index in [0.717, 1.165) is 10.7 Å². The molecular formula is C13H8I3NO2. The van der Waals surface area contributed by atoms with E-state index in [9.17, 15) is 4.79 Å². The molecule has 0 aliphatic rings. The number of hydrogen-bond acceptors (Lipinski definition) is 3. The monoisotopic (exact) mass is 591 g/mol. The quantitative estimate of drug-likeness (QED) is 0.187. The molecule has 0 aromatic heterocycles. The maximum Gasteiger partial charge on any atom is 0.344 e. The number of halogens is 3. The van der Waals surface area contributed by atoms with Crippen molar-refractivity contribution in [3.8, 4) is 5.75 Å². The maximum atomic E-state index is 12.2. The minimum absolute atomic E-state index is 0.369. The normalized spacial score (nSPS) is 10.3. The largest absolute Gasteiger partial charge is 0.423 e. The Balaban J connectivity index is 2.30. The van der Waals surface area contributed by atoms with Crippen LogP contribution in [-0.2, 0) is 0 Å². The number of anilines is 1. The van der Waals surface area contributed by atoms with Crippen molar-refractivity contribution >= 4 is 79.4 Å². The zero-order valence-corrected chi connectivity index (χ0v) is 16.0. The molecule has 0 fully saturated rings. The summed E-state index contributed by atoms with van der Waals surface area (Å²) in [6.07, 6.45) is 0. The number of nitrogens with two attached hydrogens (primary N) is 1. The Labute approximate surface area is 151 Å². The molecule has 0 aliphatic carbocycles. The number of hydrogen-bond donors (Lipinski definition) is 1. The molecule has 0 aliphatic heterocycles. The first-order valence-electron chi connectivity index (χ1n) is 5.19. The summed E-state index contributed by atoms with van der Waals surface area (Å²) >= 11 is 6.54. The number of rotatable bonds is 2. The van der Waals surface area contributed by atoms with E-state index in [1.807, 2.05) is 12.1 Å². The summed E-state index contributed by atoms with van der Waals surface area (Å²) in [7, 11) is 0. The summed E-state index contributed by atoms with van der Waals surface area (Å²) in [5.74, 6) is 0.0844. The third kappa shape index (κ3) is 3.94. The fraction of sp³-hybridized carbons (Fsp3) is 0. The molecule has 6 heteroatoms. The van der Waals surface area contributed by atoms with Crippen LogP contribution in [-0.4, -0.2) is 5.97 Å². The van der Waals surface area contributed by atoms with Gasteiger partial charge in [0.05, 0.1) is 5.56 Å². The molecular weight excluding hydrogens is 583 g/mol. The van der Waals surface area contributed by atoms with Crippen molar-refractivity contribution in [3.63, 3.8) is 0 Å². The summed E-state index contributed by atoms with van der Waals surface area (Å²) in [5.41, 5.74) is 6.79. The van der Waals surface area contributed by atoms with E-state index in [1.54, 1.807) is 24.3 Å². The van der Waals surface area contributed by atoms with Gasteiger partial charge in [0.1, 0.15) is 5.75 Å². The Morgan fingerprint density at radius 3 is 2.53 bits per heavy atom. The second-order valence-electron chi connectivity index (χ2n) is 3.71. The Morgan fingerprint density at radius 2 is 1.84 bits per heavy atom. The van der Waals surface area contributed by atoms with Gasteiger partial charge in [-0.1, -0.05) is 6.07 Å². The van der Waals surface area contributed by atoms with Gasteiger partial charge in [0.2, 0.25) is 0 Å². The molecule has 0 saturated carbocycles. The number of nitrogen functional groups attached to an aromatic ring is 1. The third-order valence-corrected chi connectivity index (χ3v) is 5.95. The molecule has 2 aromatic rings. The van der Waals surface area contributed by atoms with Gasteiger partial charge in [-0.25, -0.2) is 4.79 Å². The standard InChI is InChI=1S/C13H8I3NO2/c14-7-4-10(12(16)11(15)5-7)13(18)19-9-3-1-2-8(17)6-9/h1-6H,17H2. The van der Waals surface area contributed by atoms with Gasteiger partial charge in [0.15, 0.2) is 0 Å². The lowest BCUT2D eigenvalue weighted by Gasteiger charge is -2.08. The van der Waals surface area contributed by atoms with Crippen molar-refractivity contribution in [2.75, 3.05) is 5.73 Å². The van der Waals surface area contributed by atoms with Crippen LogP contribution in [0.5, 0.6) is 5.75 Å². The zero-order valence-electron chi connectivity index (χ0n) is 9.49. The van der Waals surface area contributed by atoms with Crippen molar-refractivity contribution in [2.45, 2.75) is 0 Å². The van der Waals surface area contributed by atoms with Crippen molar-refractivity contribution < 1.29 is 9.53 Å². The first-order valence-corrected chi connectivity index (χ1v) is 8.43. The highest BCUT2D eigenvalue weighted by Gasteiger charge is 2.15. The van der Waals surface area contributed by atoms with Gasteiger partial charge in [-0.3, -0.25) is 0 Å². The predicted octanol–water partition coefficient (Wildman–Crippen LogP) is 4.30. The van der Waals surface area contributed by atoms with E-state index < -0.39 is 0 Å². The smallest absolute Gasteiger partial charge is 0.344 e. The molecule has 98 valence electrons. The van der Waals surface area contributed by atoms with Crippen LogP contribution in [0.25, 0.3) is 0 Å². The van der Waals surface area contributed by atoms with Gasteiger partial charge < -0.3 is 10.5 Å². The van der Waals surface area contributed by atoms with E-state index in [1.165, 1.54) is 0 Å². The Hall–Kier alpha value is -0.1000. The molecule has 0 atom stereocenters. The second-order valence-corrected chi connectivity index (χ2v) is 7.20. The Morgan fingerprint density at radius 1 is 1.11 bits per heavy atom. The van der Waals surface area contributed by atoms with Crippen molar-refractivity contribution in [2.24, 2.45) is 0 Å². The fourth-order valence-electron chi connectivity index (χ4n) is 1.44. The number of ether oxygens (including phenoxy) is 1. The summed E-state index contributed by atoms with van der Waals surface area (Å²) < 4.78 is 8.27. The molecule has 0 amide bonds. The van der Waals surface area contributed by atoms with Gasteiger partial charge in [0, 0.05) is 22.5 Å². The Bertz CT molecular complexity index is 644. The van der Waals surface area contributed by atoms with Crippen LogP contribution >= 0.6 is 67.8 Å². The highest BCUT2D eigenvalue weighted by atomic mass is 127. The number of carbonyl (C=O) groups excluding carboxylic acids is 1. The predicted molar refractivity (Wildman–Crippen MR) is 100 cm³/mol. The number of benzene rings is 2. The minimum Gasteiger partial charge on any atom is -0.423 e. The van der Waals surface area contributed by atoms with E-state index in [-0.39, 0.29) is 5.97 Å².